The summed E-state index contributed by atoms with van der Waals surface area (Å²) in [7, 11) is 1.59. The number of methoxy groups -OCH3 is 1. The van der Waals surface area contributed by atoms with E-state index in [1.165, 1.54) is 12.4 Å². The van der Waals surface area contributed by atoms with Crippen molar-refractivity contribution in [1.29, 1.82) is 0 Å². The lowest BCUT2D eigenvalue weighted by molar-refractivity contribution is -0.111. The van der Waals surface area contributed by atoms with E-state index in [0.717, 1.165) is 33.4 Å². The number of fused-ring (bicyclic) bond motifs is 1. The number of H-pyrrole nitrogens is 1. The SMILES string of the molecule is COc1cc2oc(C)c(C)c2cc1C(C)=CC(=O)Nc1ncn[nH]1. The zero-order valence-corrected chi connectivity index (χ0v) is 13.9. The Balaban J connectivity index is 1.98. The summed E-state index contributed by atoms with van der Waals surface area (Å²) in [5, 5.41) is 9.88. The van der Waals surface area contributed by atoms with Crippen LogP contribution in [0.15, 0.2) is 29.0 Å². The number of carbonyl (C=O) groups excluding carboxylic acids is 1. The highest BCUT2D eigenvalue weighted by atomic mass is 16.5. The second-order valence-corrected chi connectivity index (χ2v) is 5.48. The van der Waals surface area contributed by atoms with E-state index in [1.54, 1.807) is 7.11 Å². The number of furan rings is 1. The van der Waals surface area contributed by atoms with Crippen molar-refractivity contribution in [2.45, 2.75) is 20.8 Å². The van der Waals surface area contributed by atoms with Crippen molar-refractivity contribution in [3.05, 3.63) is 41.4 Å². The van der Waals surface area contributed by atoms with Crippen molar-refractivity contribution in [1.82, 2.24) is 15.2 Å². The number of nitrogens with zero attached hydrogens (tertiary/aromatic N) is 2. The third kappa shape index (κ3) is 2.88. The van der Waals surface area contributed by atoms with Crippen LogP contribution in [0.1, 0.15) is 23.8 Å². The molecule has 0 aliphatic heterocycles. The molecule has 0 unspecified atom stereocenters. The van der Waals surface area contributed by atoms with Gasteiger partial charge in [-0.1, -0.05) is 0 Å². The van der Waals surface area contributed by atoms with Gasteiger partial charge in [-0.15, -0.1) is 0 Å². The number of nitrogens with one attached hydrogen (secondary N) is 2. The summed E-state index contributed by atoms with van der Waals surface area (Å²) >= 11 is 0. The number of aryl methyl sites for hydroxylation is 2. The van der Waals surface area contributed by atoms with Crippen LogP contribution in [0.3, 0.4) is 0 Å². The van der Waals surface area contributed by atoms with Crippen LogP contribution in [0, 0.1) is 13.8 Å². The molecule has 124 valence electrons. The number of ether oxygens (including phenoxy) is 1. The van der Waals surface area contributed by atoms with Gasteiger partial charge in [-0.05, 0) is 38.0 Å². The molecular weight excluding hydrogens is 308 g/mol. The molecule has 1 amide bonds. The fourth-order valence-electron chi connectivity index (χ4n) is 2.54. The van der Waals surface area contributed by atoms with Crippen molar-refractivity contribution < 1.29 is 13.9 Å². The van der Waals surface area contributed by atoms with Crippen molar-refractivity contribution in [3.8, 4) is 5.75 Å². The minimum atomic E-state index is -0.300. The molecule has 7 heteroatoms. The van der Waals surface area contributed by atoms with E-state index >= 15 is 0 Å². The number of amides is 1. The third-order valence-electron chi connectivity index (χ3n) is 3.93. The number of carbonyl (C=O) groups is 1. The summed E-state index contributed by atoms with van der Waals surface area (Å²) in [6.45, 7) is 5.79. The van der Waals surface area contributed by atoms with Crippen LogP contribution < -0.4 is 10.1 Å². The second kappa shape index (κ2) is 6.19. The number of hydrogen-bond acceptors (Lipinski definition) is 5. The van der Waals surface area contributed by atoms with Gasteiger partial charge in [0.15, 0.2) is 0 Å². The standard InChI is InChI=1S/C17H18N4O3/c1-9(5-16(22)20-17-18-8-19-21-17)12-6-13-10(2)11(3)24-15(13)7-14(12)23-4/h5-8H,1-4H3,(H2,18,19,20,21,22). The van der Waals surface area contributed by atoms with Crippen LogP contribution in [-0.2, 0) is 4.79 Å². The number of aromatic amines is 1. The monoisotopic (exact) mass is 326 g/mol. The van der Waals surface area contributed by atoms with Gasteiger partial charge in [-0.3, -0.25) is 10.1 Å². The number of benzene rings is 1. The molecule has 0 aliphatic carbocycles. The Bertz CT molecular complexity index is 923. The first kappa shape index (κ1) is 15.8. The molecule has 0 radical (unpaired) electrons. The summed E-state index contributed by atoms with van der Waals surface area (Å²) < 4.78 is 11.2. The van der Waals surface area contributed by atoms with Gasteiger partial charge in [0.05, 0.1) is 7.11 Å². The van der Waals surface area contributed by atoms with E-state index in [2.05, 4.69) is 20.5 Å². The van der Waals surface area contributed by atoms with Crippen LogP contribution in [0.5, 0.6) is 5.75 Å². The normalized spacial score (nSPS) is 11.8. The maximum absolute atomic E-state index is 12.1. The van der Waals surface area contributed by atoms with E-state index in [9.17, 15) is 4.79 Å². The fraction of sp³-hybridized carbons (Fsp3) is 0.235. The predicted octanol–water partition coefficient (Wildman–Crippen LogP) is 3.22. The highest BCUT2D eigenvalue weighted by Gasteiger charge is 2.14. The van der Waals surface area contributed by atoms with Crippen LogP contribution >= 0.6 is 0 Å². The molecule has 7 nitrogen and oxygen atoms in total. The quantitative estimate of drug-likeness (QED) is 0.718. The van der Waals surface area contributed by atoms with E-state index in [-0.39, 0.29) is 5.91 Å². The number of aromatic nitrogens is 3. The van der Waals surface area contributed by atoms with Crippen LogP contribution in [-0.4, -0.2) is 28.2 Å². The molecule has 1 aromatic carbocycles. The van der Waals surface area contributed by atoms with Crippen molar-refractivity contribution >= 4 is 28.4 Å². The molecule has 0 aliphatic rings. The maximum atomic E-state index is 12.1. The van der Waals surface area contributed by atoms with E-state index < -0.39 is 0 Å². The molecule has 2 heterocycles. The summed E-state index contributed by atoms with van der Waals surface area (Å²) in [6.07, 6.45) is 2.82. The maximum Gasteiger partial charge on any atom is 0.250 e. The third-order valence-corrected chi connectivity index (χ3v) is 3.93. The number of anilines is 1. The highest BCUT2D eigenvalue weighted by Crippen LogP contribution is 2.34. The van der Waals surface area contributed by atoms with Crippen LogP contribution in [0.4, 0.5) is 5.95 Å². The van der Waals surface area contributed by atoms with Crippen molar-refractivity contribution in [2.75, 3.05) is 12.4 Å². The molecular formula is C17H18N4O3. The van der Waals surface area contributed by atoms with Crippen LogP contribution in [0.25, 0.3) is 16.5 Å². The van der Waals surface area contributed by atoms with Crippen LogP contribution in [0.2, 0.25) is 0 Å². The van der Waals surface area contributed by atoms with Gasteiger partial charge < -0.3 is 9.15 Å². The van der Waals surface area contributed by atoms with Gasteiger partial charge in [0, 0.05) is 23.1 Å². The molecule has 2 aromatic heterocycles. The molecule has 0 saturated carbocycles. The Morgan fingerprint density at radius 1 is 1.38 bits per heavy atom. The lowest BCUT2D eigenvalue weighted by atomic mass is 10.0. The van der Waals surface area contributed by atoms with Gasteiger partial charge in [0.2, 0.25) is 5.95 Å². The van der Waals surface area contributed by atoms with E-state index in [4.69, 9.17) is 9.15 Å². The first-order valence-electron chi connectivity index (χ1n) is 7.42. The zero-order chi connectivity index (χ0) is 17.3. The summed E-state index contributed by atoms with van der Waals surface area (Å²) in [5.74, 6) is 1.52. The van der Waals surface area contributed by atoms with E-state index in [0.29, 0.717) is 11.7 Å². The molecule has 0 spiro atoms. The van der Waals surface area contributed by atoms with Gasteiger partial charge in [-0.2, -0.15) is 10.1 Å². The number of hydrogen-bond donors (Lipinski definition) is 2. The molecule has 3 rings (SSSR count). The van der Waals surface area contributed by atoms with Crippen molar-refractivity contribution in [3.63, 3.8) is 0 Å². The topological polar surface area (TPSA) is 93.0 Å². The molecule has 0 atom stereocenters. The Labute approximate surface area is 138 Å². The van der Waals surface area contributed by atoms with Gasteiger partial charge in [-0.25, -0.2) is 5.10 Å². The smallest absolute Gasteiger partial charge is 0.250 e. The molecule has 24 heavy (non-hydrogen) atoms. The molecule has 0 saturated heterocycles. The van der Waals surface area contributed by atoms with Gasteiger partial charge in [0.25, 0.3) is 5.91 Å². The highest BCUT2D eigenvalue weighted by molar-refractivity contribution is 6.03. The summed E-state index contributed by atoms with van der Waals surface area (Å²) in [4.78, 5) is 16.0. The lowest BCUT2D eigenvalue weighted by Gasteiger charge is -2.09. The Morgan fingerprint density at radius 2 is 2.17 bits per heavy atom. The number of rotatable bonds is 4. The second-order valence-electron chi connectivity index (χ2n) is 5.48. The minimum absolute atomic E-state index is 0.299. The van der Waals surface area contributed by atoms with E-state index in [1.807, 2.05) is 32.9 Å². The molecule has 3 aromatic rings. The molecule has 2 N–H and O–H groups in total. The predicted molar refractivity (Wildman–Crippen MR) is 90.9 cm³/mol. The van der Waals surface area contributed by atoms with Gasteiger partial charge in [0.1, 0.15) is 23.4 Å². The molecule has 0 bridgehead atoms. The average molecular weight is 326 g/mol. The van der Waals surface area contributed by atoms with Crippen molar-refractivity contribution in [2.24, 2.45) is 0 Å². The fourth-order valence-corrected chi connectivity index (χ4v) is 2.54. The Hall–Kier alpha value is -3.09. The lowest BCUT2D eigenvalue weighted by Crippen LogP contribution is -2.10. The Kier molecular flexibility index (Phi) is 4.07. The minimum Gasteiger partial charge on any atom is -0.496 e. The zero-order valence-electron chi connectivity index (χ0n) is 13.9. The molecule has 0 fully saturated rings. The number of allylic oxidation sites excluding steroid dienone is 1. The largest absolute Gasteiger partial charge is 0.496 e. The Morgan fingerprint density at radius 3 is 2.83 bits per heavy atom. The van der Waals surface area contributed by atoms with Gasteiger partial charge >= 0.3 is 0 Å². The first-order chi connectivity index (χ1) is 11.5. The summed E-state index contributed by atoms with van der Waals surface area (Å²) in [5.41, 5.74) is 3.45. The first-order valence-corrected chi connectivity index (χ1v) is 7.42. The average Bonchev–Trinajstić information content (AvgIpc) is 3.14. The summed E-state index contributed by atoms with van der Waals surface area (Å²) in [6, 6.07) is 3.82.